The van der Waals surface area contributed by atoms with Gasteiger partial charge in [-0.2, -0.15) is 0 Å². The highest BCUT2D eigenvalue weighted by Gasteiger charge is 1.96. The Balaban J connectivity index is 3.09. The molecule has 0 aliphatic carbocycles. The third-order valence-electron chi connectivity index (χ3n) is 1.43. The molecule has 0 aromatic carbocycles. The van der Waals surface area contributed by atoms with Gasteiger partial charge in [-0.25, -0.2) is 10.8 Å². The lowest BCUT2D eigenvalue weighted by Crippen LogP contribution is -2.09. The first kappa shape index (κ1) is 7.68. The fourth-order valence-corrected chi connectivity index (χ4v) is 0.805. The van der Waals surface area contributed by atoms with E-state index in [0.29, 0.717) is 5.82 Å². The van der Waals surface area contributed by atoms with Gasteiger partial charge >= 0.3 is 0 Å². The van der Waals surface area contributed by atoms with Crippen molar-refractivity contribution in [3.8, 4) is 0 Å². The largest absolute Gasteiger partial charge is 0.308 e. The van der Waals surface area contributed by atoms with Gasteiger partial charge in [0, 0.05) is 17.5 Å². The van der Waals surface area contributed by atoms with Gasteiger partial charge in [-0.1, -0.05) is 0 Å². The molecule has 58 valence electrons. The van der Waals surface area contributed by atoms with Crippen LogP contribution in [0.15, 0.2) is 12.1 Å². The molecule has 1 aromatic heterocycles. The van der Waals surface area contributed by atoms with Gasteiger partial charge < -0.3 is 10.8 Å². The maximum absolute atomic E-state index is 7.00. The summed E-state index contributed by atoms with van der Waals surface area (Å²) in [7, 11) is 0. The van der Waals surface area contributed by atoms with Crippen LogP contribution < -0.4 is 11.3 Å². The standard InChI is InChI=1S/C7H10N4/c1-5-6(4-8)2-3-7(10-5)11-9/h2-4,8H,9H2,1H3,(H,10,11). The fraction of sp³-hybridized carbons (Fsp3) is 0.143. The lowest BCUT2D eigenvalue weighted by molar-refractivity contribution is 1.15. The van der Waals surface area contributed by atoms with E-state index in [0.717, 1.165) is 11.3 Å². The zero-order valence-electron chi connectivity index (χ0n) is 6.26. The van der Waals surface area contributed by atoms with E-state index in [1.165, 1.54) is 6.21 Å². The zero-order valence-corrected chi connectivity index (χ0v) is 6.26. The summed E-state index contributed by atoms with van der Waals surface area (Å²) in [6.45, 7) is 1.83. The molecule has 0 unspecified atom stereocenters. The van der Waals surface area contributed by atoms with Crippen molar-refractivity contribution in [2.75, 3.05) is 5.43 Å². The van der Waals surface area contributed by atoms with Gasteiger partial charge in [-0.05, 0) is 19.1 Å². The number of rotatable bonds is 2. The quantitative estimate of drug-likeness (QED) is 0.329. The van der Waals surface area contributed by atoms with Crippen LogP contribution in [0, 0.1) is 12.3 Å². The van der Waals surface area contributed by atoms with Crippen molar-refractivity contribution in [1.82, 2.24) is 4.98 Å². The third-order valence-corrected chi connectivity index (χ3v) is 1.43. The summed E-state index contributed by atoms with van der Waals surface area (Å²) >= 11 is 0. The van der Waals surface area contributed by atoms with Gasteiger partial charge in [0.1, 0.15) is 5.82 Å². The van der Waals surface area contributed by atoms with Crippen LogP contribution in [-0.2, 0) is 0 Å². The maximum atomic E-state index is 7.00. The molecule has 0 spiro atoms. The summed E-state index contributed by atoms with van der Waals surface area (Å²) in [6.07, 6.45) is 1.27. The molecule has 0 atom stereocenters. The van der Waals surface area contributed by atoms with Crippen LogP contribution in [0.25, 0.3) is 0 Å². The van der Waals surface area contributed by atoms with E-state index in [1.807, 2.05) is 6.92 Å². The zero-order chi connectivity index (χ0) is 8.27. The summed E-state index contributed by atoms with van der Waals surface area (Å²) in [4.78, 5) is 4.08. The molecule has 0 amide bonds. The topological polar surface area (TPSA) is 74.8 Å². The minimum atomic E-state index is 0.619. The van der Waals surface area contributed by atoms with Gasteiger partial charge in [-0.3, -0.25) is 0 Å². The number of hydrazine groups is 1. The molecule has 1 heterocycles. The number of hydrogen-bond donors (Lipinski definition) is 3. The highest BCUT2D eigenvalue weighted by molar-refractivity contribution is 5.78. The normalized spacial score (nSPS) is 9.27. The number of nitrogens with one attached hydrogen (secondary N) is 2. The van der Waals surface area contributed by atoms with Crippen molar-refractivity contribution in [1.29, 1.82) is 5.41 Å². The smallest absolute Gasteiger partial charge is 0.140 e. The number of anilines is 1. The monoisotopic (exact) mass is 150 g/mol. The molecule has 4 N–H and O–H groups in total. The van der Waals surface area contributed by atoms with E-state index in [9.17, 15) is 0 Å². The van der Waals surface area contributed by atoms with Crippen molar-refractivity contribution in [3.05, 3.63) is 23.4 Å². The molecule has 0 aliphatic rings. The van der Waals surface area contributed by atoms with Crippen LogP contribution in [-0.4, -0.2) is 11.2 Å². The molecular weight excluding hydrogens is 140 g/mol. The predicted molar refractivity (Wildman–Crippen MR) is 44.7 cm³/mol. The van der Waals surface area contributed by atoms with Crippen LogP contribution in [0.3, 0.4) is 0 Å². The highest BCUT2D eigenvalue weighted by atomic mass is 15.2. The summed E-state index contributed by atoms with van der Waals surface area (Å²) in [5.74, 6) is 5.76. The van der Waals surface area contributed by atoms with E-state index in [4.69, 9.17) is 11.3 Å². The van der Waals surface area contributed by atoms with Crippen LogP contribution in [0.5, 0.6) is 0 Å². The second kappa shape index (κ2) is 3.12. The molecule has 0 aliphatic heterocycles. The lowest BCUT2D eigenvalue weighted by Gasteiger charge is -2.01. The minimum Gasteiger partial charge on any atom is -0.308 e. The van der Waals surface area contributed by atoms with Gasteiger partial charge in [0.05, 0.1) is 0 Å². The average Bonchev–Trinajstić information content (AvgIpc) is 2.04. The lowest BCUT2D eigenvalue weighted by atomic mass is 10.2. The molecule has 11 heavy (non-hydrogen) atoms. The number of hydrogen-bond acceptors (Lipinski definition) is 4. The van der Waals surface area contributed by atoms with E-state index in [1.54, 1.807) is 12.1 Å². The Morgan fingerprint density at radius 3 is 2.82 bits per heavy atom. The first-order valence-corrected chi connectivity index (χ1v) is 3.22. The van der Waals surface area contributed by atoms with Crippen LogP contribution in [0.1, 0.15) is 11.3 Å². The van der Waals surface area contributed by atoms with Gasteiger partial charge in [0.15, 0.2) is 0 Å². The molecule has 4 nitrogen and oxygen atoms in total. The predicted octanol–water partition coefficient (Wildman–Crippen LogP) is 0.673. The Morgan fingerprint density at radius 2 is 2.36 bits per heavy atom. The summed E-state index contributed by atoms with van der Waals surface area (Å²) in [6, 6.07) is 3.53. The molecular formula is C7H10N4. The molecule has 0 saturated carbocycles. The number of aryl methyl sites for hydroxylation is 1. The maximum Gasteiger partial charge on any atom is 0.140 e. The Labute approximate surface area is 64.9 Å². The van der Waals surface area contributed by atoms with E-state index >= 15 is 0 Å². The molecule has 0 fully saturated rings. The number of nitrogen functional groups attached to an aromatic ring is 1. The Bertz CT molecular complexity index is 269. The van der Waals surface area contributed by atoms with E-state index < -0.39 is 0 Å². The van der Waals surface area contributed by atoms with Gasteiger partial charge in [0.2, 0.25) is 0 Å². The average molecular weight is 150 g/mol. The molecule has 0 radical (unpaired) electrons. The van der Waals surface area contributed by atoms with Crippen LogP contribution >= 0.6 is 0 Å². The molecule has 1 aromatic rings. The molecule has 1 rings (SSSR count). The highest BCUT2D eigenvalue weighted by Crippen LogP contribution is 2.06. The van der Waals surface area contributed by atoms with E-state index in [2.05, 4.69) is 10.4 Å². The number of aromatic nitrogens is 1. The van der Waals surface area contributed by atoms with Crippen LogP contribution in [0.4, 0.5) is 5.82 Å². The van der Waals surface area contributed by atoms with Crippen molar-refractivity contribution >= 4 is 12.0 Å². The Hall–Kier alpha value is -1.42. The van der Waals surface area contributed by atoms with Crippen molar-refractivity contribution in [2.24, 2.45) is 5.84 Å². The van der Waals surface area contributed by atoms with Crippen LogP contribution in [0.2, 0.25) is 0 Å². The number of nitrogens with two attached hydrogens (primary N) is 1. The second-order valence-electron chi connectivity index (χ2n) is 2.16. The summed E-state index contributed by atoms with van der Waals surface area (Å²) < 4.78 is 0. The van der Waals surface area contributed by atoms with Gasteiger partial charge in [0.25, 0.3) is 0 Å². The Morgan fingerprint density at radius 1 is 1.64 bits per heavy atom. The first-order valence-electron chi connectivity index (χ1n) is 3.22. The minimum absolute atomic E-state index is 0.619. The van der Waals surface area contributed by atoms with Crippen molar-refractivity contribution in [2.45, 2.75) is 6.92 Å². The second-order valence-corrected chi connectivity index (χ2v) is 2.16. The molecule has 0 saturated heterocycles. The summed E-state index contributed by atoms with van der Waals surface area (Å²) in [5.41, 5.74) is 4.04. The summed E-state index contributed by atoms with van der Waals surface area (Å²) in [5, 5.41) is 7.00. The first-order chi connectivity index (χ1) is 5.27. The number of nitrogens with zero attached hydrogens (tertiary/aromatic N) is 1. The molecule has 4 heteroatoms. The SMILES string of the molecule is Cc1nc(NN)ccc1C=N. The van der Waals surface area contributed by atoms with Crippen molar-refractivity contribution in [3.63, 3.8) is 0 Å². The van der Waals surface area contributed by atoms with Gasteiger partial charge in [-0.15, -0.1) is 0 Å². The number of pyridine rings is 1. The fourth-order valence-electron chi connectivity index (χ4n) is 0.805. The van der Waals surface area contributed by atoms with Crippen molar-refractivity contribution < 1.29 is 0 Å². The third kappa shape index (κ3) is 1.53. The molecule has 0 bridgehead atoms. The van der Waals surface area contributed by atoms with E-state index in [-0.39, 0.29) is 0 Å². The Kier molecular flexibility index (Phi) is 2.18.